The third kappa shape index (κ3) is 4.53. The smallest absolute Gasteiger partial charge is 0.343 e. The Bertz CT molecular complexity index is 1090. The van der Waals surface area contributed by atoms with Gasteiger partial charge in [-0.3, -0.25) is 4.79 Å². The summed E-state index contributed by atoms with van der Waals surface area (Å²) in [6.45, 7) is 6.93. The minimum atomic E-state index is -3.81. The summed E-state index contributed by atoms with van der Waals surface area (Å²) in [4.78, 5) is 48.8. The number of hydrogen-bond acceptors (Lipinski definition) is 11. The molecule has 0 aromatic carbocycles. The van der Waals surface area contributed by atoms with E-state index in [1.54, 1.807) is 0 Å². The molecule has 14 heteroatoms. The van der Waals surface area contributed by atoms with Crippen LogP contribution in [-0.4, -0.2) is 95.9 Å². The molecule has 8 atom stereocenters. The number of esters is 1. The number of aliphatic hydroxyl groups excluding tert-OH is 2. The second-order valence-electron chi connectivity index (χ2n) is 9.20. The van der Waals surface area contributed by atoms with E-state index >= 15 is 0 Å². The maximum atomic E-state index is 12.2. The van der Waals surface area contributed by atoms with Crippen molar-refractivity contribution in [2.24, 2.45) is 5.92 Å². The molecule has 1 aromatic heterocycles. The number of hydrogen-bond donors (Lipinski definition) is 6. The molecule has 6 N–H and O–H groups in total. The monoisotopic (exact) mass is 544 g/mol. The van der Waals surface area contributed by atoms with Crippen LogP contribution in [0.25, 0.3) is 0 Å². The fraction of sp³-hybridized carbons (Fsp3) is 0.565. The summed E-state index contributed by atoms with van der Waals surface area (Å²) < 4.78 is 16.0. The van der Waals surface area contributed by atoms with Crippen molar-refractivity contribution in [3.63, 3.8) is 0 Å². The van der Waals surface area contributed by atoms with Crippen LogP contribution in [0.3, 0.4) is 0 Å². The number of carboxylic acid groups (broad SMARTS) is 3. The fourth-order valence-corrected chi connectivity index (χ4v) is 5.78. The Kier molecular flexibility index (Phi) is 7.84. The molecule has 37 heavy (non-hydrogen) atoms. The van der Waals surface area contributed by atoms with Gasteiger partial charge in [-0.1, -0.05) is 19.6 Å². The highest BCUT2D eigenvalue weighted by Crippen LogP contribution is 2.54. The van der Waals surface area contributed by atoms with Crippen molar-refractivity contribution in [1.82, 2.24) is 0 Å². The van der Waals surface area contributed by atoms with Gasteiger partial charge in [0.05, 0.1) is 0 Å². The van der Waals surface area contributed by atoms with E-state index in [0.717, 1.165) is 4.88 Å². The zero-order valence-electron chi connectivity index (χ0n) is 19.9. The Morgan fingerprint density at radius 2 is 1.81 bits per heavy atom. The highest BCUT2D eigenvalue weighted by Gasteiger charge is 2.84. The van der Waals surface area contributed by atoms with E-state index < -0.39 is 71.7 Å². The van der Waals surface area contributed by atoms with Crippen LogP contribution >= 0.6 is 11.3 Å². The number of aliphatic hydroxyl groups is 3. The van der Waals surface area contributed by atoms with Crippen molar-refractivity contribution in [3.05, 3.63) is 34.5 Å². The number of carbonyl (C=O) groups is 4. The van der Waals surface area contributed by atoms with Crippen molar-refractivity contribution < 1.29 is 64.0 Å². The summed E-state index contributed by atoms with van der Waals surface area (Å²) in [5.41, 5.74) is -7.01. The van der Waals surface area contributed by atoms with Gasteiger partial charge >= 0.3 is 23.9 Å². The average Bonchev–Trinajstić information content (AvgIpc) is 3.39. The Morgan fingerprint density at radius 1 is 1.16 bits per heavy atom. The number of carbonyl (C=O) groups excluding carboxylic acids is 1. The number of thiophene rings is 1. The third-order valence-corrected chi connectivity index (χ3v) is 7.64. The third-order valence-electron chi connectivity index (χ3n) is 6.74. The topological polar surface area (TPSA) is 217 Å². The standard InChI is InChI=1S/C23H28O13S/c1-10(14(34-12(3)24)11(2)9-13-5-4-8-37-13)6-7-21-15(25)16(26)23(36-21,20(31)32)22(33,19(29)30)17(35-21)18(27)28/h4-5,8,11,14-17,25-26,33H,1,6-7,9H2,2-3H3,(H,27,28)(H,29,30)(H,31,32). The summed E-state index contributed by atoms with van der Waals surface area (Å²) >= 11 is 1.50. The zero-order valence-corrected chi connectivity index (χ0v) is 20.7. The fourth-order valence-electron chi connectivity index (χ4n) is 4.93. The summed E-state index contributed by atoms with van der Waals surface area (Å²) in [6, 6.07) is 3.76. The van der Waals surface area contributed by atoms with Gasteiger partial charge in [-0.25, -0.2) is 14.4 Å². The first-order chi connectivity index (χ1) is 17.1. The highest BCUT2D eigenvalue weighted by atomic mass is 32.1. The Morgan fingerprint density at radius 3 is 2.30 bits per heavy atom. The zero-order chi connectivity index (χ0) is 27.9. The number of aliphatic carboxylic acids is 3. The van der Waals surface area contributed by atoms with Crippen LogP contribution in [0.4, 0.5) is 0 Å². The van der Waals surface area contributed by atoms with Crippen LogP contribution in [0.1, 0.15) is 31.6 Å². The van der Waals surface area contributed by atoms with Crippen molar-refractivity contribution in [1.29, 1.82) is 0 Å². The molecule has 0 aliphatic carbocycles. The minimum Gasteiger partial charge on any atom is -0.479 e. The lowest BCUT2D eigenvalue weighted by molar-refractivity contribution is -0.374. The molecule has 3 rings (SSSR count). The van der Waals surface area contributed by atoms with E-state index in [-0.39, 0.29) is 17.9 Å². The lowest BCUT2D eigenvalue weighted by Gasteiger charge is -2.48. The highest BCUT2D eigenvalue weighted by molar-refractivity contribution is 7.09. The van der Waals surface area contributed by atoms with Gasteiger partial charge in [0.15, 0.2) is 5.79 Å². The van der Waals surface area contributed by atoms with Gasteiger partial charge < -0.3 is 44.8 Å². The van der Waals surface area contributed by atoms with Gasteiger partial charge in [-0.15, -0.1) is 11.3 Å². The van der Waals surface area contributed by atoms with Crippen LogP contribution in [0, 0.1) is 5.92 Å². The summed E-state index contributed by atoms with van der Waals surface area (Å²) in [5.74, 6) is -10.1. The van der Waals surface area contributed by atoms with E-state index in [1.165, 1.54) is 18.3 Å². The molecule has 1 aromatic rings. The molecule has 13 nitrogen and oxygen atoms in total. The number of carboxylic acids is 3. The predicted octanol–water partition coefficient (Wildman–Crippen LogP) is -0.234. The second kappa shape index (κ2) is 10.1. The molecule has 2 aliphatic heterocycles. The molecule has 0 saturated carbocycles. The molecular formula is C23H28O13S. The molecule has 0 radical (unpaired) electrons. The molecular weight excluding hydrogens is 516 g/mol. The van der Waals surface area contributed by atoms with Crippen molar-refractivity contribution >= 4 is 35.2 Å². The summed E-state index contributed by atoms with van der Waals surface area (Å²) in [6.07, 6.45) is -8.65. The molecule has 0 spiro atoms. The predicted molar refractivity (Wildman–Crippen MR) is 122 cm³/mol. The molecule has 2 saturated heterocycles. The second-order valence-corrected chi connectivity index (χ2v) is 10.2. The van der Waals surface area contributed by atoms with Gasteiger partial charge in [-0.05, 0) is 29.9 Å². The lowest BCUT2D eigenvalue weighted by Crippen LogP contribution is -2.77. The molecule has 2 fully saturated rings. The quantitative estimate of drug-likeness (QED) is 0.157. The Balaban J connectivity index is 1.93. The molecule has 2 aliphatic rings. The molecule has 204 valence electrons. The van der Waals surface area contributed by atoms with Crippen LogP contribution in [0.15, 0.2) is 29.7 Å². The minimum absolute atomic E-state index is 0.190. The van der Waals surface area contributed by atoms with E-state index in [9.17, 15) is 49.8 Å². The first kappa shape index (κ1) is 28.7. The first-order valence-corrected chi connectivity index (χ1v) is 12.0. The van der Waals surface area contributed by atoms with E-state index in [2.05, 4.69) is 6.58 Å². The summed E-state index contributed by atoms with van der Waals surface area (Å²) in [5, 5.41) is 63.0. The normalized spacial score (nSPS) is 34.4. The van der Waals surface area contributed by atoms with Crippen LogP contribution in [0.5, 0.6) is 0 Å². The van der Waals surface area contributed by atoms with Crippen molar-refractivity contribution in [2.75, 3.05) is 0 Å². The first-order valence-electron chi connectivity index (χ1n) is 11.2. The van der Waals surface area contributed by atoms with Gasteiger partial charge in [-0.2, -0.15) is 0 Å². The van der Waals surface area contributed by atoms with Crippen LogP contribution in [-0.2, 0) is 39.8 Å². The number of fused-ring (bicyclic) bond motifs is 2. The SMILES string of the molecule is C=C(CCC12OC(C(=O)O)C(O)(C(=O)O)C(C(=O)O)(O1)C(O)C2O)C(OC(C)=O)C(C)Cc1cccs1. The summed E-state index contributed by atoms with van der Waals surface area (Å²) in [7, 11) is 0. The van der Waals surface area contributed by atoms with Gasteiger partial charge in [0.2, 0.25) is 17.3 Å². The van der Waals surface area contributed by atoms with Gasteiger partial charge in [0.25, 0.3) is 0 Å². The van der Waals surface area contributed by atoms with E-state index in [0.29, 0.717) is 6.42 Å². The van der Waals surface area contributed by atoms with Crippen molar-refractivity contribution in [2.45, 2.75) is 74.5 Å². The molecule has 0 amide bonds. The largest absolute Gasteiger partial charge is 0.479 e. The van der Waals surface area contributed by atoms with Gasteiger partial charge in [0.1, 0.15) is 18.3 Å². The molecule has 8 unspecified atom stereocenters. The van der Waals surface area contributed by atoms with Crippen LogP contribution < -0.4 is 0 Å². The van der Waals surface area contributed by atoms with Crippen molar-refractivity contribution in [3.8, 4) is 0 Å². The Labute approximate surface area is 214 Å². The average molecular weight is 545 g/mol. The van der Waals surface area contributed by atoms with Crippen LogP contribution in [0.2, 0.25) is 0 Å². The maximum absolute atomic E-state index is 12.2. The van der Waals surface area contributed by atoms with E-state index in [4.69, 9.17) is 14.2 Å². The maximum Gasteiger partial charge on any atom is 0.343 e. The number of ether oxygens (including phenoxy) is 3. The number of rotatable bonds is 11. The van der Waals surface area contributed by atoms with E-state index in [1.807, 2.05) is 24.4 Å². The molecule has 2 bridgehead atoms. The van der Waals surface area contributed by atoms with Gasteiger partial charge in [0, 0.05) is 24.1 Å². The Hall–Kier alpha value is -2.88. The lowest BCUT2D eigenvalue weighted by atomic mass is 9.74. The molecule has 3 heterocycles.